The van der Waals surface area contributed by atoms with Gasteiger partial charge in [0.25, 0.3) is 5.91 Å². The maximum absolute atomic E-state index is 14.2. The van der Waals surface area contributed by atoms with Crippen LogP contribution in [0.4, 0.5) is 8.78 Å². The highest BCUT2D eigenvalue weighted by Crippen LogP contribution is 2.31. The maximum atomic E-state index is 14.2. The smallest absolute Gasteiger partial charge is 0.326 e. The van der Waals surface area contributed by atoms with Gasteiger partial charge in [-0.3, -0.25) is 9.59 Å². The molecule has 0 unspecified atom stereocenters. The number of carboxylic acid groups (broad SMARTS) is 1. The molecule has 1 aliphatic heterocycles. The van der Waals surface area contributed by atoms with Crippen LogP contribution >= 0.6 is 0 Å². The highest BCUT2D eigenvalue weighted by atomic mass is 19.2. The average Bonchev–Trinajstić information content (AvgIpc) is 3.12. The number of carboxylic acids is 1. The van der Waals surface area contributed by atoms with E-state index in [2.05, 4.69) is 5.32 Å². The zero-order chi connectivity index (χ0) is 21.7. The Morgan fingerprint density at radius 3 is 2.33 bits per heavy atom. The summed E-state index contributed by atoms with van der Waals surface area (Å²) in [5.41, 5.74) is -2.14. The molecule has 2 aromatic rings. The molecule has 0 saturated carbocycles. The van der Waals surface area contributed by atoms with Crippen molar-refractivity contribution in [3.05, 3.63) is 60.2 Å². The number of nitrogens with zero attached hydrogens (tertiary/aromatic N) is 1. The Morgan fingerprint density at radius 2 is 1.73 bits per heavy atom. The molecule has 3 rings (SSSR count). The summed E-state index contributed by atoms with van der Waals surface area (Å²) in [6, 6.07) is 13.8. The van der Waals surface area contributed by atoms with Crippen molar-refractivity contribution in [1.29, 1.82) is 0 Å². The lowest BCUT2D eigenvalue weighted by atomic mass is 10.0. The molecule has 2 atom stereocenters. The Labute approximate surface area is 171 Å². The van der Waals surface area contributed by atoms with Gasteiger partial charge in [0.05, 0.1) is 13.1 Å². The molecule has 1 aliphatic rings. The van der Waals surface area contributed by atoms with Crippen LogP contribution in [0.2, 0.25) is 0 Å². The van der Waals surface area contributed by atoms with Crippen molar-refractivity contribution in [1.82, 2.24) is 10.2 Å². The van der Waals surface area contributed by atoms with Gasteiger partial charge in [0.15, 0.2) is 5.67 Å². The van der Waals surface area contributed by atoms with Gasteiger partial charge >= 0.3 is 5.97 Å². The summed E-state index contributed by atoms with van der Waals surface area (Å²) >= 11 is 0. The van der Waals surface area contributed by atoms with Crippen LogP contribution in [0.5, 0.6) is 11.5 Å². The van der Waals surface area contributed by atoms with E-state index in [4.69, 9.17) is 9.84 Å². The number of alkyl halides is 2. The van der Waals surface area contributed by atoms with E-state index in [1.165, 1.54) is 12.1 Å². The number of hydrogen-bond donors (Lipinski definition) is 2. The summed E-state index contributed by atoms with van der Waals surface area (Å²) in [6.07, 6.45) is -0.624. The standard InChI is InChI=1S/C21H20F2N2O5/c22-12-21(23)10-17(20(28)29)25(13-21)18(26)11-24-19(27)14-6-8-16(9-7-14)30-15-4-2-1-3-5-15/h1-9,17H,10-13H2,(H,24,27)(H,28,29)/t17-,21-/m0/s1. The topological polar surface area (TPSA) is 95.9 Å². The van der Waals surface area contributed by atoms with Gasteiger partial charge in [-0.1, -0.05) is 18.2 Å². The molecule has 0 radical (unpaired) electrons. The second-order valence-corrected chi connectivity index (χ2v) is 6.99. The zero-order valence-electron chi connectivity index (χ0n) is 15.9. The number of likely N-dealkylation sites (tertiary alicyclic amines) is 1. The van der Waals surface area contributed by atoms with Gasteiger partial charge in [0.1, 0.15) is 24.2 Å². The van der Waals surface area contributed by atoms with Gasteiger partial charge in [0, 0.05) is 12.0 Å². The zero-order valence-corrected chi connectivity index (χ0v) is 15.9. The normalized spacial score (nSPS) is 20.6. The summed E-state index contributed by atoms with van der Waals surface area (Å²) in [6.45, 7) is -2.59. The summed E-state index contributed by atoms with van der Waals surface area (Å²) < 4.78 is 32.7. The number of ether oxygens (including phenoxy) is 1. The molecule has 30 heavy (non-hydrogen) atoms. The minimum atomic E-state index is -2.39. The Morgan fingerprint density at radius 1 is 1.10 bits per heavy atom. The van der Waals surface area contributed by atoms with Crippen LogP contribution < -0.4 is 10.1 Å². The fraction of sp³-hybridized carbons (Fsp3) is 0.286. The molecule has 0 bridgehead atoms. The van der Waals surface area contributed by atoms with Gasteiger partial charge in [-0.25, -0.2) is 13.6 Å². The lowest BCUT2D eigenvalue weighted by Crippen LogP contribution is -2.46. The Bertz CT molecular complexity index is 923. The minimum Gasteiger partial charge on any atom is -0.480 e. The van der Waals surface area contributed by atoms with Crippen molar-refractivity contribution < 1.29 is 33.0 Å². The van der Waals surface area contributed by atoms with E-state index in [-0.39, 0.29) is 5.56 Å². The van der Waals surface area contributed by atoms with Crippen LogP contribution in [0.3, 0.4) is 0 Å². The molecule has 2 amide bonds. The van der Waals surface area contributed by atoms with E-state index >= 15 is 0 Å². The molecule has 0 spiro atoms. The van der Waals surface area contributed by atoms with Crippen LogP contribution in [-0.2, 0) is 9.59 Å². The summed E-state index contributed by atoms with van der Waals surface area (Å²) in [5, 5.41) is 11.5. The molecule has 7 nitrogen and oxygen atoms in total. The SMILES string of the molecule is O=C(NCC(=O)N1C[C@@](F)(CF)C[C@H]1C(=O)O)c1ccc(Oc2ccccc2)cc1. The van der Waals surface area contributed by atoms with Crippen molar-refractivity contribution in [2.45, 2.75) is 18.1 Å². The molecule has 1 saturated heterocycles. The van der Waals surface area contributed by atoms with E-state index in [9.17, 15) is 23.2 Å². The maximum Gasteiger partial charge on any atom is 0.326 e. The van der Waals surface area contributed by atoms with Crippen LogP contribution in [0.15, 0.2) is 54.6 Å². The molecule has 2 aromatic carbocycles. The van der Waals surface area contributed by atoms with Gasteiger partial charge in [0.2, 0.25) is 5.91 Å². The fourth-order valence-electron chi connectivity index (χ4n) is 3.17. The lowest BCUT2D eigenvalue weighted by molar-refractivity contribution is -0.147. The highest BCUT2D eigenvalue weighted by Gasteiger charge is 2.49. The molecule has 1 heterocycles. The lowest BCUT2D eigenvalue weighted by Gasteiger charge is -2.21. The molecular formula is C21H20F2N2O5. The van der Waals surface area contributed by atoms with Crippen molar-refractivity contribution >= 4 is 17.8 Å². The molecule has 0 aromatic heterocycles. The van der Waals surface area contributed by atoms with E-state index in [1.54, 1.807) is 24.3 Å². The van der Waals surface area contributed by atoms with Crippen LogP contribution in [-0.4, -0.2) is 59.3 Å². The Hall–Kier alpha value is -3.49. The number of carbonyl (C=O) groups excluding carboxylic acids is 2. The van der Waals surface area contributed by atoms with Crippen molar-refractivity contribution in [3.8, 4) is 11.5 Å². The van der Waals surface area contributed by atoms with Crippen molar-refractivity contribution in [2.24, 2.45) is 0 Å². The average molecular weight is 418 g/mol. The third kappa shape index (κ3) is 4.91. The molecule has 2 N–H and O–H groups in total. The van der Waals surface area contributed by atoms with E-state index in [0.717, 1.165) is 4.90 Å². The summed E-state index contributed by atoms with van der Waals surface area (Å²) in [7, 11) is 0. The molecular weight excluding hydrogens is 398 g/mol. The Balaban J connectivity index is 1.57. The van der Waals surface area contributed by atoms with Gasteiger partial charge in [-0.15, -0.1) is 0 Å². The van der Waals surface area contributed by atoms with Crippen LogP contribution in [0.1, 0.15) is 16.8 Å². The quantitative estimate of drug-likeness (QED) is 0.721. The molecule has 9 heteroatoms. The first-order chi connectivity index (χ1) is 14.3. The number of nitrogens with one attached hydrogen (secondary N) is 1. The number of amides is 2. The molecule has 1 fully saturated rings. The number of aliphatic carboxylic acids is 1. The van der Waals surface area contributed by atoms with Crippen LogP contribution in [0, 0.1) is 0 Å². The summed E-state index contributed by atoms with van der Waals surface area (Å²) in [5.74, 6) is -1.64. The van der Waals surface area contributed by atoms with Gasteiger partial charge in [-0.2, -0.15) is 0 Å². The fourth-order valence-corrected chi connectivity index (χ4v) is 3.17. The Kier molecular flexibility index (Phi) is 6.29. The second-order valence-electron chi connectivity index (χ2n) is 6.99. The van der Waals surface area contributed by atoms with Gasteiger partial charge in [-0.05, 0) is 36.4 Å². The molecule has 158 valence electrons. The predicted molar refractivity (Wildman–Crippen MR) is 103 cm³/mol. The van der Waals surface area contributed by atoms with E-state index in [0.29, 0.717) is 11.5 Å². The number of para-hydroxylation sites is 1. The minimum absolute atomic E-state index is 0.253. The second kappa shape index (κ2) is 8.89. The predicted octanol–water partition coefficient (Wildman–Crippen LogP) is 2.57. The first-order valence-electron chi connectivity index (χ1n) is 9.20. The van der Waals surface area contributed by atoms with Crippen LogP contribution in [0.25, 0.3) is 0 Å². The number of rotatable bonds is 7. The molecule has 0 aliphatic carbocycles. The first kappa shape index (κ1) is 21.2. The summed E-state index contributed by atoms with van der Waals surface area (Å²) in [4.78, 5) is 36.6. The van der Waals surface area contributed by atoms with Crippen molar-refractivity contribution in [3.63, 3.8) is 0 Å². The van der Waals surface area contributed by atoms with Crippen molar-refractivity contribution in [2.75, 3.05) is 19.8 Å². The first-order valence-corrected chi connectivity index (χ1v) is 9.20. The third-order valence-electron chi connectivity index (χ3n) is 4.73. The van der Waals surface area contributed by atoms with E-state index in [1.807, 2.05) is 18.2 Å². The largest absolute Gasteiger partial charge is 0.480 e. The number of carbonyl (C=O) groups is 3. The number of halogens is 2. The van der Waals surface area contributed by atoms with E-state index < -0.39 is 55.7 Å². The monoisotopic (exact) mass is 418 g/mol. The third-order valence-corrected chi connectivity index (χ3v) is 4.73. The van der Waals surface area contributed by atoms with Gasteiger partial charge < -0.3 is 20.1 Å². The highest BCUT2D eigenvalue weighted by molar-refractivity contribution is 5.97. The number of benzene rings is 2. The number of hydrogen-bond acceptors (Lipinski definition) is 4.